The molecule has 0 aliphatic heterocycles. The first-order chi connectivity index (χ1) is 7.77. The predicted octanol–water partition coefficient (Wildman–Crippen LogP) is 2.60. The molecule has 2 N–H and O–H groups in total. The molecule has 2 unspecified atom stereocenters. The fourth-order valence-corrected chi connectivity index (χ4v) is 3.33. The number of halogens is 1. The van der Waals surface area contributed by atoms with Gasteiger partial charge in [-0.1, -0.05) is 13.8 Å². The summed E-state index contributed by atoms with van der Waals surface area (Å²) in [6.45, 7) is 3.67. The predicted molar refractivity (Wildman–Crippen MR) is 64.2 cm³/mol. The molecule has 0 spiro atoms. The van der Waals surface area contributed by atoms with E-state index >= 15 is 0 Å². The van der Waals surface area contributed by atoms with Crippen LogP contribution in [0.2, 0.25) is 0 Å². The molecule has 2 atom stereocenters. The molecular formula is C12H19ClO4. The zero-order valence-corrected chi connectivity index (χ0v) is 11.0. The summed E-state index contributed by atoms with van der Waals surface area (Å²) in [6.07, 6.45) is 1.59. The van der Waals surface area contributed by atoms with Crippen LogP contribution in [-0.4, -0.2) is 28.0 Å². The quantitative estimate of drug-likeness (QED) is 0.764. The molecule has 1 fully saturated rings. The molecule has 5 heteroatoms. The molecule has 4 nitrogen and oxygen atoms in total. The first kappa shape index (κ1) is 14.3. The fourth-order valence-electron chi connectivity index (χ4n) is 3.01. The monoisotopic (exact) mass is 262 g/mol. The van der Waals surface area contributed by atoms with Crippen LogP contribution in [-0.2, 0) is 9.59 Å². The van der Waals surface area contributed by atoms with Crippen molar-refractivity contribution in [3.63, 3.8) is 0 Å². The van der Waals surface area contributed by atoms with Crippen molar-refractivity contribution in [1.82, 2.24) is 0 Å². The van der Waals surface area contributed by atoms with Crippen molar-refractivity contribution in [2.75, 3.05) is 5.88 Å². The lowest BCUT2D eigenvalue weighted by Crippen LogP contribution is -2.50. The molecule has 1 rings (SSSR count). The Morgan fingerprint density at radius 3 is 2.29 bits per heavy atom. The van der Waals surface area contributed by atoms with Gasteiger partial charge in [-0.05, 0) is 31.1 Å². The maximum absolute atomic E-state index is 11.6. The zero-order chi connectivity index (χ0) is 13.3. The van der Waals surface area contributed by atoms with Crippen LogP contribution in [0.5, 0.6) is 0 Å². The summed E-state index contributed by atoms with van der Waals surface area (Å²) in [5.41, 5.74) is -1.43. The molecule has 1 aliphatic rings. The third-order valence-electron chi connectivity index (χ3n) is 4.25. The van der Waals surface area contributed by atoms with E-state index in [0.29, 0.717) is 25.7 Å². The van der Waals surface area contributed by atoms with Gasteiger partial charge >= 0.3 is 11.9 Å². The number of carbonyl (C=O) groups is 2. The lowest BCUT2D eigenvalue weighted by Gasteiger charge is -2.48. The number of aliphatic carboxylic acids is 2. The van der Waals surface area contributed by atoms with Crippen molar-refractivity contribution in [2.24, 2.45) is 16.7 Å². The van der Waals surface area contributed by atoms with E-state index in [1.807, 2.05) is 13.8 Å². The van der Waals surface area contributed by atoms with Crippen LogP contribution in [0.15, 0.2) is 0 Å². The second-order valence-corrected chi connectivity index (χ2v) is 5.87. The topological polar surface area (TPSA) is 74.6 Å². The molecule has 0 aromatic rings. The molecule has 17 heavy (non-hydrogen) atoms. The van der Waals surface area contributed by atoms with Crippen LogP contribution < -0.4 is 0 Å². The van der Waals surface area contributed by atoms with Crippen LogP contribution in [0.4, 0.5) is 0 Å². The summed E-state index contributed by atoms with van der Waals surface area (Å²) in [6, 6.07) is 0. The van der Waals surface area contributed by atoms with E-state index < -0.39 is 28.7 Å². The SMILES string of the molecule is CC1(C)CC(C(=O)O)CCC1(CCCl)C(=O)O. The Labute approximate surface area is 106 Å². The number of hydrogen-bond donors (Lipinski definition) is 2. The summed E-state index contributed by atoms with van der Waals surface area (Å²) in [5.74, 6) is -1.84. The molecule has 1 aliphatic carbocycles. The maximum atomic E-state index is 11.6. The minimum atomic E-state index is -0.888. The molecule has 1 saturated carbocycles. The lowest BCUT2D eigenvalue weighted by molar-refractivity contribution is -0.167. The van der Waals surface area contributed by atoms with Crippen LogP contribution >= 0.6 is 11.6 Å². The third-order valence-corrected chi connectivity index (χ3v) is 4.44. The van der Waals surface area contributed by atoms with Gasteiger partial charge in [-0.25, -0.2) is 0 Å². The smallest absolute Gasteiger partial charge is 0.310 e. The van der Waals surface area contributed by atoms with Crippen molar-refractivity contribution in [3.8, 4) is 0 Å². The van der Waals surface area contributed by atoms with Crippen LogP contribution in [0.3, 0.4) is 0 Å². The van der Waals surface area contributed by atoms with Gasteiger partial charge in [0.15, 0.2) is 0 Å². The van der Waals surface area contributed by atoms with Crippen LogP contribution in [0, 0.1) is 16.7 Å². The van der Waals surface area contributed by atoms with Crippen molar-refractivity contribution < 1.29 is 19.8 Å². The first-order valence-electron chi connectivity index (χ1n) is 5.79. The first-order valence-corrected chi connectivity index (χ1v) is 6.32. The maximum Gasteiger partial charge on any atom is 0.310 e. The van der Waals surface area contributed by atoms with Gasteiger partial charge in [0.05, 0.1) is 11.3 Å². The zero-order valence-electron chi connectivity index (χ0n) is 10.2. The molecule has 0 bridgehead atoms. The largest absolute Gasteiger partial charge is 0.481 e. The molecule has 0 aromatic carbocycles. The molecule has 98 valence electrons. The number of hydrogen-bond acceptors (Lipinski definition) is 2. The van der Waals surface area contributed by atoms with E-state index in [-0.39, 0.29) is 5.88 Å². The van der Waals surface area contributed by atoms with E-state index in [9.17, 15) is 14.7 Å². The number of carboxylic acids is 2. The van der Waals surface area contributed by atoms with Crippen molar-refractivity contribution in [1.29, 1.82) is 0 Å². The normalized spacial score (nSPS) is 32.1. The Hall–Kier alpha value is -0.770. The summed E-state index contributed by atoms with van der Waals surface area (Å²) in [4.78, 5) is 22.6. The van der Waals surface area contributed by atoms with Crippen molar-refractivity contribution in [2.45, 2.75) is 39.5 Å². The van der Waals surface area contributed by atoms with Gasteiger partial charge in [-0.2, -0.15) is 0 Å². The van der Waals surface area contributed by atoms with Crippen molar-refractivity contribution in [3.05, 3.63) is 0 Å². The minimum Gasteiger partial charge on any atom is -0.481 e. The fraction of sp³-hybridized carbons (Fsp3) is 0.833. The van der Waals surface area contributed by atoms with Gasteiger partial charge in [0, 0.05) is 5.88 Å². The van der Waals surface area contributed by atoms with E-state index in [1.54, 1.807) is 0 Å². The second-order valence-electron chi connectivity index (χ2n) is 5.49. The second kappa shape index (κ2) is 4.84. The summed E-state index contributed by atoms with van der Waals surface area (Å²) in [5, 5.41) is 18.5. The average Bonchev–Trinajstić information content (AvgIpc) is 2.20. The lowest BCUT2D eigenvalue weighted by atomic mass is 9.54. The van der Waals surface area contributed by atoms with E-state index in [4.69, 9.17) is 16.7 Å². The average molecular weight is 263 g/mol. The Bertz CT molecular complexity index is 326. The van der Waals surface area contributed by atoms with E-state index in [1.165, 1.54) is 0 Å². The van der Waals surface area contributed by atoms with Crippen molar-refractivity contribution >= 4 is 23.5 Å². The highest BCUT2D eigenvalue weighted by atomic mass is 35.5. The number of carboxylic acid groups (broad SMARTS) is 2. The molecule has 0 radical (unpaired) electrons. The van der Waals surface area contributed by atoms with Crippen LogP contribution in [0.1, 0.15) is 39.5 Å². The van der Waals surface area contributed by atoms with Gasteiger partial charge in [-0.15, -0.1) is 11.6 Å². The van der Waals surface area contributed by atoms with Gasteiger partial charge in [0.2, 0.25) is 0 Å². The van der Waals surface area contributed by atoms with Gasteiger partial charge < -0.3 is 10.2 Å². The van der Waals surface area contributed by atoms with Gasteiger partial charge in [0.1, 0.15) is 0 Å². The summed E-state index contributed by atoms with van der Waals surface area (Å²) < 4.78 is 0. The molecular weight excluding hydrogens is 244 g/mol. The molecule has 0 saturated heterocycles. The van der Waals surface area contributed by atoms with Crippen LogP contribution in [0.25, 0.3) is 0 Å². The Morgan fingerprint density at radius 2 is 1.94 bits per heavy atom. The Balaban J connectivity index is 3.02. The highest BCUT2D eigenvalue weighted by molar-refractivity contribution is 6.18. The molecule has 0 aromatic heterocycles. The summed E-state index contributed by atoms with van der Waals surface area (Å²) >= 11 is 5.72. The Morgan fingerprint density at radius 1 is 1.35 bits per heavy atom. The third kappa shape index (κ3) is 2.41. The minimum absolute atomic E-state index is 0.285. The van der Waals surface area contributed by atoms with Gasteiger partial charge in [0.25, 0.3) is 0 Å². The highest BCUT2D eigenvalue weighted by Gasteiger charge is 2.54. The Kier molecular flexibility index (Phi) is 4.07. The molecule has 0 amide bonds. The summed E-state index contributed by atoms with van der Waals surface area (Å²) in [7, 11) is 0. The van der Waals surface area contributed by atoms with E-state index in [0.717, 1.165) is 0 Å². The highest BCUT2D eigenvalue weighted by Crippen LogP contribution is 2.54. The standard InChI is InChI=1S/C12H19ClO4/c1-11(2)7-8(9(14)15)3-4-12(11,5-6-13)10(16)17/h8H,3-7H2,1-2H3,(H,14,15)(H,16,17). The van der Waals surface area contributed by atoms with E-state index in [2.05, 4.69) is 0 Å². The molecule has 0 heterocycles. The number of rotatable bonds is 4. The number of alkyl halides is 1. The van der Waals surface area contributed by atoms with Gasteiger partial charge in [-0.3, -0.25) is 9.59 Å².